The molecule has 0 amide bonds. The lowest BCUT2D eigenvalue weighted by atomic mass is 10.2. The topological polar surface area (TPSA) is 11.0 Å². The van der Waals surface area contributed by atoms with Gasteiger partial charge in [0.15, 0.2) is 11.9 Å². The molecule has 0 radical (unpaired) electrons. The van der Waals surface area contributed by atoms with Crippen LogP contribution in [0.3, 0.4) is 0 Å². The number of aryl methyl sites for hydroxylation is 3. The molecule has 3 heterocycles. The van der Waals surface area contributed by atoms with Crippen molar-refractivity contribution < 1.29 is 9.13 Å². The van der Waals surface area contributed by atoms with E-state index in [1.165, 1.54) is 75.4 Å². The summed E-state index contributed by atoms with van der Waals surface area (Å²) >= 11 is 5.61. The van der Waals surface area contributed by atoms with Crippen LogP contribution in [0.2, 0.25) is 0 Å². The van der Waals surface area contributed by atoms with Gasteiger partial charge in [-0.1, -0.05) is 74.5 Å². The van der Waals surface area contributed by atoms with Gasteiger partial charge in [0.1, 0.15) is 13.1 Å². The third-order valence-electron chi connectivity index (χ3n) is 6.22. The molecule has 0 atom stereocenters. The number of aromatic nitrogens is 2. The summed E-state index contributed by atoms with van der Waals surface area (Å²) in [6, 6.07) is 0. The first-order chi connectivity index (χ1) is 17.0. The van der Waals surface area contributed by atoms with Crippen LogP contribution in [0.25, 0.3) is 11.6 Å². The molecule has 6 heteroatoms. The second-order valence-corrected chi connectivity index (χ2v) is 12.3. The van der Waals surface area contributed by atoms with Crippen LogP contribution in [-0.2, 0) is 13.1 Å². The van der Waals surface area contributed by atoms with Crippen LogP contribution in [0.4, 0.5) is 0 Å². The van der Waals surface area contributed by atoms with E-state index in [0.29, 0.717) is 0 Å². The van der Waals surface area contributed by atoms with E-state index in [2.05, 4.69) is 96.9 Å². The molecule has 0 N–H and O–H groups in total. The van der Waals surface area contributed by atoms with E-state index in [1.807, 2.05) is 34.4 Å². The molecular weight excluding hydrogens is 487 g/mol. The van der Waals surface area contributed by atoms with Gasteiger partial charge in [-0.2, -0.15) is 9.13 Å². The molecule has 0 fully saturated rings. The minimum atomic E-state index is 1.07. The smallest absolute Gasteiger partial charge is 0.269 e. The molecule has 0 spiro atoms. The van der Waals surface area contributed by atoms with E-state index in [1.54, 1.807) is 0 Å². The highest BCUT2D eigenvalue weighted by Gasteiger charge is 2.21. The first-order valence-corrected chi connectivity index (χ1v) is 15.7. The zero-order valence-corrected chi connectivity index (χ0v) is 24.9. The fourth-order valence-electron chi connectivity index (χ4n) is 4.11. The Labute approximate surface area is 225 Å². The van der Waals surface area contributed by atoms with Crippen molar-refractivity contribution in [2.75, 3.05) is 6.54 Å². The van der Waals surface area contributed by atoms with Gasteiger partial charge >= 0.3 is 0 Å². The van der Waals surface area contributed by atoms with E-state index >= 15 is 0 Å². The molecule has 0 bridgehead atoms. The maximum absolute atomic E-state index is 2.47. The molecule has 0 unspecified atom stereocenters. The minimum Gasteiger partial charge on any atom is -0.339 e. The summed E-state index contributed by atoms with van der Waals surface area (Å²) in [5.74, 6) is 0. The Hall–Kier alpha value is -1.63. The van der Waals surface area contributed by atoms with Crippen LogP contribution in [0.1, 0.15) is 86.8 Å². The van der Waals surface area contributed by atoms with Crippen LogP contribution < -0.4 is 9.13 Å². The fourth-order valence-corrected chi connectivity index (χ4v) is 6.97. The predicted molar refractivity (Wildman–Crippen MR) is 156 cm³/mol. The first-order valence-electron chi connectivity index (χ1n) is 13.2. The van der Waals surface area contributed by atoms with Crippen LogP contribution in [-0.4, -0.2) is 11.4 Å². The number of thiazole rings is 2. The minimum absolute atomic E-state index is 1.07. The average Bonchev–Trinajstić information content (AvgIpc) is 3.51. The van der Waals surface area contributed by atoms with Gasteiger partial charge in [-0.05, 0) is 43.9 Å². The molecule has 2 aromatic rings. The highest BCUT2D eigenvalue weighted by molar-refractivity contribution is 8.06. The summed E-state index contributed by atoms with van der Waals surface area (Å²) in [6.07, 6.45) is 19.0. The number of nitrogens with zero attached hydrogens (tertiary/aromatic N) is 3. The van der Waals surface area contributed by atoms with Crippen molar-refractivity contribution in [2.24, 2.45) is 0 Å². The van der Waals surface area contributed by atoms with Gasteiger partial charge in [0.2, 0.25) is 0 Å². The molecule has 190 valence electrons. The molecule has 1 aliphatic rings. The zero-order valence-electron chi connectivity index (χ0n) is 22.5. The Morgan fingerprint density at radius 3 is 2.49 bits per heavy atom. The molecule has 0 saturated heterocycles. The van der Waals surface area contributed by atoms with Crippen molar-refractivity contribution in [1.29, 1.82) is 0 Å². The zero-order chi connectivity index (χ0) is 25.2. The number of unbranched alkanes of at least 4 members (excludes halogenated alkanes) is 3. The lowest BCUT2D eigenvalue weighted by molar-refractivity contribution is -0.699. The van der Waals surface area contributed by atoms with Gasteiger partial charge in [-0.15, -0.1) is 0 Å². The predicted octanol–water partition coefficient (Wildman–Crippen LogP) is 8.25. The van der Waals surface area contributed by atoms with Crippen LogP contribution in [0.15, 0.2) is 45.9 Å². The number of hydrogen-bond donors (Lipinski definition) is 0. The highest BCUT2D eigenvalue weighted by Crippen LogP contribution is 2.35. The van der Waals surface area contributed by atoms with Crippen molar-refractivity contribution in [2.45, 2.75) is 93.2 Å². The van der Waals surface area contributed by atoms with Crippen molar-refractivity contribution in [1.82, 2.24) is 4.90 Å². The van der Waals surface area contributed by atoms with E-state index in [4.69, 9.17) is 0 Å². The normalized spacial score (nSPS) is 15.7. The molecule has 1 aliphatic heterocycles. The second kappa shape index (κ2) is 14.2. The monoisotopic (exact) mass is 529 g/mol. The summed E-state index contributed by atoms with van der Waals surface area (Å²) in [7, 11) is 0. The Morgan fingerprint density at radius 2 is 1.74 bits per heavy atom. The van der Waals surface area contributed by atoms with Gasteiger partial charge < -0.3 is 4.90 Å². The Bertz CT molecular complexity index is 1080. The quantitative estimate of drug-likeness (QED) is 0.191. The molecular formula is C29H43N3S3+2. The first kappa shape index (κ1) is 27.9. The number of hydrogen-bond acceptors (Lipinski definition) is 4. The second-order valence-electron chi connectivity index (χ2n) is 9.26. The summed E-state index contributed by atoms with van der Waals surface area (Å²) in [6.45, 7) is 16.7. The molecule has 3 nitrogen and oxygen atoms in total. The van der Waals surface area contributed by atoms with Crippen LogP contribution in [0, 0.1) is 13.8 Å². The van der Waals surface area contributed by atoms with Crippen molar-refractivity contribution in [3.05, 3.63) is 66.5 Å². The van der Waals surface area contributed by atoms with Gasteiger partial charge in [-0.25, -0.2) is 0 Å². The van der Waals surface area contributed by atoms with E-state index in [-0.39, 0.29) is 0 Å². The maximum atomic E-state index is 2.47. The van der Waals surface area contributed by atoms with E-state index in [9.17, 15) is 0 Å². The largest absolute Gasteiger partial charge is 0.339 e. The number of allylic oxidation sites excluding steroid dienone is 5. The van der Waals surface area contributed by atoms with Crippen molar-refractivity contribution >= 4 is 46.1 Å². The van der Waals surface area contributed by atoms with Gasteiger partial charge in [0, 0.05) is 38.1 Å². The molecule has 0 aliphatic carbocycles. The van der Waals surface area contributed by atoms with Crippen LogP contribution >= 0.6 is 34.4 Å². The third-order valence-corrected chi connectivity index (χ3v) is 9.43. The van der Waals surface area contributed by atoms with Gasteiger partial charge in [0.05, 0.1) is 20.9 Å². The average molecular weight is 530 g/mol. The fraction of sp³-hybridized carbons (Fsp3) is 0.517. The number of thioether (sulfide) groups is 1. The third kappa shape index (κ3) is 7.68. The highest BCUT2D eigenvalue weighted by atomic mass is 32.2. The molecule has 35 heavy (non-hydrogen) atoms. The van der Waals surface area contributed by atoms with E-state index in [0.717, 1.165) is 19.6 Å². The number of rotatable bonds is 13. The molecule has 0 aromatic carbocycles. The standard InChI is InChI=1S/C29H43N3S3/c1-7-10-17-30-20-25(6)35-29(30)26(13-15-27-31(18-11-8-2)23(4)21-33-27)14-16-28-32(19-12-9-3)24(5)22-34-28/h13-16,20-22H,7-12,17-19H2,1-6H3/q+2. The molecule has 3 rings (SSSR count). The lowest BCUT2D eigenvalue weighted by Crippen LogP contribution is -2.37. The Morgan fingerprint density at radius 1 is 1.00 bits per heavy atom. The summed E-state index contributed by atoms with van der Waals surface area (Å²) in [4.78, 5) is 3.84. The molecule has 0 saturated carbocycles. The van der Waals surface area contributed by atoms with Crippen LogP contribution in [0.5, 0.6) is 0 Å². The lowest BCUT2D eigenvalue weighted by Gasteiger charge is -2.20. The van der Waals surface area contributed by atoms with Crippen molar-refractivity contribution in [3.8, 4) is 0 Å². The van der Waals surface area contributed by atoms with Gasteiger partial charge in [-0.3, -0.25) is 0 Å². The molecule has 2 aromatic heterocycles. The van der Waals surface area contributed by atoms with E-state index < -0.39 is 0 Å². The maximum Gasteiger partial charge on any atom is 0.269 e. The SMILES string of the molecule is CCCCN1C(C)=CS\C1=C/C=C(/C=C/c1scc(C)[n+]1CCCC)c1sc(C)c[n+]1CCCC. The van der Waals surface area contributed by atoms with Crippen molar-refractivity contribution in [3.63, 3.8) is 0 Å². The Kier molecular flexibility index (Phi) is 11.3. The summed E-state index contributed by atoms with van der Waals surface area (Å²) in [5, 5.41) is 8.59. The summed E-state index contributed by atoms with van der Waals surface area (Å²) in [5.41, 5.74) is 4.01. The van der Waals surface area contributed by atoms with Gasteiger partial charge in [0.25, 0.3) is 10.0 Å². The Balaban J connectivity index is 1.99. The summed E-state index contributed by atoms with van der Waals surface area (Å²) < 4.78 is 4.93.